The van der Waals surface area contributed by atoms with Crippen molar-refractivity contribution in [3.63, 3.8) is 0 Å². The van der Waals surface area contributed by atoms with Gasteiger partial charge in [0.05, 0.1) is 16.1 Å². The molecule has 1 aliphatic heterocycles. The number of carbonyl (C=O) groups excluding carboxylic acids is 2. The summed E-state index contributed by atoms with van der Waals surface area (Å²) in [5.74, 6) is -1.29. The summed E-state index contributed by atoms with van der Waals surface area (Å²) in [6.45, 7) is 1.24. The first kappa shape index (κ1) is 27.2. The van der Waals surface area contributed by atoms with Crippen molar-refractivity contribution in [1.82, 2.24) is 14.8 Å². The molecular weight excluding hydrogens is 499 g/mol. The molecule has 1 fully saturated rings. The van der Waals surface area contributed by atoms with Crippen LogP contribution in [0.15, 0.2) is 30.5 Å². The van der Waals surface area contributed by atoms with E-state index in [1.807, 2.05) is 0 Å². The quantitative estimate of drug-likeness (QED) is 0.645. The molecular formula is C24H25ClF3N5O3. The average Bonchev–Trinajstić information content (AvgIpc) is 2.86. The predicted octanol–water partition coefficient (Wildman–Crippen LogP) is 3.33. The number of carbonyl (C=O) groups is 2. The molecule has 1 N–H and O–H groups in total. The van der Waals surface area contributed by atoms with Crippen LogP contribution in [0.4, 0.5) is 19.0 Å². The highest BCUT2D eigenvalue weighted by atomic mass is 35.5. The Bertz CT molecular complexity index is 1210. The van der Waals surface area contributed by atoms with E-state index in [0.717, 1.165) is 11.8 Å². The van der Waals surface area contributed by atoms with Crippen LogP contribution in [-0.4, -0.2) is 83.8 Å². The summed E-state index contributed by atoms with van der Waals surface area (Å²) in [5.41, 5.74) is -1.62. The Hall–Kier alpha value is -3.36. The number of aromatic nitrogens is 1. The van der Waals surface area contributed by atoms with Gasteiger partial charge in [0.25, 0.3) is 11.8 Å². The molecule has 1 atom stereocenters. The van der Waals surface area contributed by atoms with Crippen LogP contribution in [0.1, 0.15) is 29.3 Å². The van der Waals surface area contributed by atoms with Crippen molar-refractivity contribution in [3.05, 3.63) is 46.6 Å². The van der Waals surface area contributed by atoms with E-state index < -0.39 is 24.1 Å². The van der Waals surface area contributed by atoms with Gasteiger partial charge < -0.3 is 19.8 Å². The molecule has 2 aromatic rings. The van der Waals surface area contributed by atoms with E-state index >= 15 is 0 Å². The number of anilines is 1. The molecule has 12 heteroatoms. The third kappa shape index (κ3) is 5.10. The van der Waals surface area contributed by atoms with Gasteiger partial charge in [-0.1, -0.05) is 24.6 Å². The van der Waals surface area contributed by atoms with E-state index in [2.05, 4.69) is 11.1 Å². The minimum atomic E-state index is -5.08. The lowest BCUT2D eigenvalue weighted by Gasteiger charge is -2.39. The maximum Gasteiger partial charge on any atom is 0.426 e. The van der Waals surface area contributed by atoms with Gasteiger partial charge in [-0.15, -0.1) is 0 Å². The Labute approximate surface area is 211 Å². The largest absolute Gasteiger partial charge is 0.426 e. The summed E-state index contributed by atoms with van der Waals surface area (Å²) < 4.78 is 39.8. The zero-order valence-electron chi connectivity index (χ0n) is 19.9. The number of hydrogen-bond donors (Lipinski definition) is 1. The van der Waals surface area contributed by atoms with Crippen LogP contribution in [0.3, 0.4) is 0 Å². The maximum atomic E-state index is 13.3. The van der Waals surface area contributed by atoms with Crippen molar-refractivity contribution >= 4 is 29.2 Å². The zero-order valence-corrected chi connectivity index (χ0v) is 20.7. The Morgan fingerprint density at radius 2 is 1.81 bits per heavy atom. The molecule has 1 unspecified atom stereocenters. The van der Waals surface area contributed by atoms with Crippen molar-refractivity contribution in [2.24, 2.45) is 0 Å². The van der Waals surface area contributed by atoms with Crippen molar-refractivity contribution in [2.75, 3.05) is 45.2 Å². The zero-order chi connectivity index (χ0) is 26.8. The number of halogens is 4. The van der Waals surface area contributed by atoms with E-state index in [1.165, 1.54) is 11.1 Å². The molecule has 0 saturated carbocycles. The fourth-order valence-corrected chi connectivity index (χ4v) is 4.18. The number of amides is 2. The Morgan fingerprint density at radius 3 is 2.31 bits per heavy atom. The second-order valence-electron chi connectivity index (χ2n) is 8.59. The molecule has 1 saturated heterocycles. The number of nitriles is 1. The van der Waals surface area contributed by atoms with Gasteiger partial charge in [0.2, 0.25) is 5.60 Å². The normalized spacial score (nSPS) is 15.8. The average molecular weight is 524 g/mol. The number of pyridine rings is 1. The molecule has 0 radical (unpaired) electrons. The van der Waals surface area contributed by atoms with Crippen LogP contribution in [0.5, 0.6) is 0 Å². The number of piperazine rings is 1. The number of aliphatic hydroxyl groups is 1. The highest BCUT2D eigenvalue weighted by Gasteiger charge is 2.59. The lowest BCUT2D eigenvalue weighted by molar-refractivity contribution is -0.257. The van der Waals surface area contributed by atoms with E-state index in [9.17, 15) is 33.1 Å². The standard InChI is InChI=1S/C24H25ClF3N5O3/c1-4-23(36,24(26,27)28)22(35)33-9-7-32(8-10-33)20-16(13-29)11-17(14-30-20)15-5-6-18(19(25)12-15)21(34)31(2)3/h5-6,11-12,14,36H,4,7-10H2,1-3H3. The van der Waals surface area contributed by atoms with Gasteiger partial charge in [-0.3, -0.25) is 9.59 Å². The summed E-state index contributed by atoms with van der Waals surface area (Å²) in [6.07, 6.45) is -4.33. The van der Waals surface area contributed by atoms with Crippen molar-refractivity contribution in [3.8, 4) is 17.2 Å². The number of rotatable bonds is 5. The van der Waals surface area contributed by atoms with E-state index in [0.29, 0.717) is 22.5 Å². The molecule has 1 aromatic carbocycles. The van der Waals surface area contributed by atoms with Gasteiger partial charge in [-0.25, -0.2) is 4.98 Å². The molecule has 36 heavy (non-hydrogen) atoms. The molecule has 1 aliphatic rings. The smallest absolute Gasteiger partial charge is 0.373 e. The third-order valence-electron chi connectivity index (χ3n) is 6.13. The van der Waals surface area contributed by atoms with Crippen LogP contribution in [0.2, 0.25) is 5.02 Å². The van der Waals surface area contributed by atoms with Crippen LogP contribution < -0.4 is 4.90 Å². The number of nitrogens with zero attached hydrogens (tertiary/aromatic N) is 5. The molecule has 0 aliphatic carbocycles. The van der Waals surface area contributed by atoms with Crippen LogP contribution >= 0.6 is 11.6 Å². The van der Waals surface area contributed by atoms with Gasteiger partial charge in [-0.05, 0) is 30.2 Å². The highest BCUT2D eigenvalue weighted by Crippen LogP contribution is 2.35. The second-order valence-corrected chi connectivity index (χ2v) is 9.00. The van der Waals surface area contributed by atoms with Gasteiger partial charge in [-0.2, -0.15) is 18.4 Å². The summed E-state index contributed by atoms with van der Waals surface area (Å²) in [4.78, 5) is 33.1. The highest BCUT2D eigenvalue weighted by molar-refractivity contribution is 6.34. The number of hydrogen-bond acceptors (Lipinski definition) is 6. The van der Waals surface area contributed by atoms with E-state index in [4.69, 9.17) is 11.6 Å². The molecule has 192 valence electrons. The van der Waals surface area contributed by atoms with Crippen molar-refractivity contribution in [2.45, 2.75) is 25.1 Å². The lowest BCUT2D eigenvalue weighted by atomic mass is 9.97. The first-order valence-corrected chi connectivity index (χ1v) is 11.5. The number of benzene rings is 1. The van der Waals surface area contributed by atoms with E-state index in [-0.39, 0.29) is 42.7 Å². The van der Waals surface area contributed by atoms with Crippen LogP contribution in [0.25, 0.3) is 11.1 Å². The van der Waals surface area contributed by atoms with Crippen LogP contribution in [0, 0.1) is 11.3 Å². The second kappa shape index (κ2) is 10.3. The third-order valence-corrected chi connectivity index (χ3v) is 6.44. The van der Waals surface area contributed by atoms with Crippen molar-refractivity contribution < 1.29 is 27.9 Å². The predicted molar refractivity (Wildman–Crippen MR) is 128 cm³/mol. The number of alkyl halides is 3. The van der Waals surface area contributed by atoms with Gasteiger partial charge in [0, 0.05) is 52.0 Å². The Kier molecular flexibility index (Phi) is 7.81. The summed E-state index contributed by atoms with van der Waals surface area (Å²) in [6, 6.07) is 8.59. The first-order chi connectivity index (χ1) is 16.8. The topological polar surface area (TPSA) is 101 Å². The Balaban J connectivity index is 1.79. The maximum absolute atomic E-state index is 13.3. The summed E-state index contributed by atoms with van der Waals surface area (Å²) in [7, 11) is 3.23. The molecule has 0 spiro atoms. The monoisotopic (exact) mass is 523 g/mol. The van der Waals surface area contributed by atoms with Gasteiger partial charge >= 0.3 is 6.18 Å². The van der Waals surface area contributed by atoms with Gasteiger partial charge in [0.15, 0.2) is 0 Å². The molecule has 2 heterocycles. The summed E-state index contributed by atoms with van der Waals surface area (Å²) >= 11 is 6.29. The SMILES string of the molecule is CCC(O)(C(=O)N1CCN(c2ncc(-c3ccc(C(=O)N(C)C)c(Cl)c3)cc2C#N)CC1)C(F)(F)F. The first-order valence-electron chi connectivity index (χ1n) is 11.1. The molecule has 0 bridgehead atoms. The van der Waals surface area contributed by atoms with Gasteiger partial charge in [0.1, 0.15) is 11.9 Å². The fourth-order valence-electron chi connectivity index (χ4n) is 3.91. The molecule has 2 amide bonds. The molecule has 1 aromatic heterocycles. The minimum absolute atomic E-state index is 0.0670. The van der Waals surface area contributed by atoms with Crippen LogP contribution in [-0.2, 0) is 4.79 Å². The Morgan fingerprint density at radius 1 is 1.17 bits per heavy atom. The van der Waals surface area contributed by atoms with Crippen molar-refractivity contribution in [1.29, 1.82) is 5.26 Å². The van der Waals surface area contributed by atoms with E-state index in [1.54, 1.807) is 43.3 Å². The minimum Gasteiger partial charge on any atom is -0.373 e. The molecule has 8 nitrogen and oxygen atoms in total. The fraction of sp³-hybridized carbons (Fsp3) is 0.417. The summed E-state index contributed by atoms with van der Waals surface area (Å²) in [5, 5.41) is 19.9. The molecule has 3 rings (SSSR count). The lowest BCUT2D eigenvalue weighted by Crippen LogP contribution is -2.61.